The van der Waals surface area contributed by atoms with Crippen LogP contribution < -0.4 is 5.32 Å². The Morgan fingerprint density at radius 2 is 1.86 bits per heavy atom. The summed E-state index contributed by atoms with van der Waals surface area (Å²) in [6.45, 7) is 2.10. The van der Waals surface area contributed by atoms with Crippen LogP contribution in [0.25, 0.3) is 0 Å². The number of hydrogen-bond acceptors (Lipinski definition) is 3. The van der Waals surface area contributed by atoms with E-state index in [1.165, 1.54) is 11.3 Å². The van der Waals surface area contributed by atoms with Crippen LogP contribution in [0.4, 0.5) is 0 Å². The Balaban J connectivity index is 1.87. The van der Waals surface area contributed by atoms with E-state index in [-0.39, 0.29) is 30.6 Å². The van der Waals surface area contributed by atoms with Crippen molar-refractivity contribution in [2.45, 2.75) is 38.6 Å². The summed E-state index contributed by atoms with van der Waals surface area (Å²) < 4.78 is 0. The second kappa shape index (κ2) is 8.49. The SMILES string of the molecule is CCCC(NC(=O)CCC(=O)c1cccs1)c1ccccc1. The normalized spacial score (nSPS) is 11.9. The van der Waals surface area contributed by atoms with Crippen LogP contribution in [-0.2, 0) is 4.79 Å². The number of rotatable bonds is 8. The van der Waals surface area contributed by atoms with Gasteiger partial charge in [-0.1, -0.05) is 49.7 Å². The van der Waals surface area contributed by atoms with Gasteiger partial charge in [-0.05, 0) is 23.4 Å². The minimum atomic E-state index is -0.0628. The van der Waals surface area contributed by atoms with Crippen LogP contribution in [0, 0.1) is 0 Å². The summed E-state index contributed by atoms with van der Waals surface area (Å²) in [5.41, 5.74) is 1.11. The highest BCUT2D eigenvalue weighted by molar-refractivity contribution is 7.12. The van der Waals surface area contributed by atoms with Crippen molar-refractivity contribution in [1.82, 2.24) is 5.32 Å². The number of nitrogens with one attached hydrogen (secondary N) is 1. The lowest BCUT2D eigenvalue weighted by atomic mass is 10.0. The average Bonchev–Trinajstić information content (AvgIpc) is 3.07. The van der Waals surface area contributed by atoms with Crippen LogP contribution in [0.3, 0.4) is 0 Å². The summed E-state index contributed by atoms with van der Waals surface area (Å²) in [5.74, 6) is -0.0240. The summed E-state index contributed by atoms with van der Waals surface area (Å²) in [7, 11) is 0. The molecule has 3 nitrogen and oxygen atoms in total. The number of Topliss-reactive ketones (excluding diaryl/α,β-unsaturated/α-hetero) is 1. The van der Waals surface area contributed by atoms with Crippen molar-refractivity contribution < 1.29 is 9.59 Å². The van der Waals surface area contributed by atoms with E-state index >= 15 is 0 Å². The number of thiophene rings is 1. The molecule has 1 unspecified atom stereocenters. The first-order valence-electron chi connectivity index (χ1n) is 7.61. The summed E-state index contributed by atoms with van der Waals surface area (Å²) in [4.78, 5) is 24.8. The first-order valence-corrected chi connectivity index (χ1v) is 8.49. The van der Waals surface area contributed by atoms with Crippen molar-refractivity contribution in [1.29, 1.82) is 0 Å². The monoisotopic (exact) mass is 315 g/mol. The van der Waals surface area contributed by atoms with Crippen LogP contribution in [0.1, 0.15) is 53.9 Å². The molecule has 0 spiro atoms. The molecule has 116 valence electrons. The fourth-order valence-electron chi connectivity index (χ4n) is 2.35. The van der Waals surface area contributed by atoms with Gasteiger partial charge in [0, 0.05) is 12.8 Å². The van der Waals surface area contributed by atoms with Crippen LogP contribution in [-0.4, -0.2) is 11.7 Å². The summed E-state index contributed by atoms with van der Waals surface area (Å²) in [6.07, 6.45) is 2.40. The van der Waals surface area contributed by atoms with Gasteiger partial charge in [-0.25, -0.2) is 0 Å². The maximum Gasteiger partial charge on any atom is 0.220 e. The molecular weight excluding hydrogens is 294 g/mol. The number of benzene rings is 1. The predicted molar refractivity (Wildman–Crippen MR) is 90.1 cm³/mol. The van der Waals surface area contributed by atoms with Gasteiger partial charge in [0.2, 0.25) is 5.91 Å². The highest BCUT2D eigenvalue weighted by Crippen LogP contribution is 2.18. The average molecular weight is 315 g/mol. The fraction of sp³-hybridized carbons (Fsp3) is 0.333. The van der Waals surface area contributed by atoms with Crippen molar-refractivity contribution in [2.24, 2.45) is 0 Å². The van der Waals surface area contributed by atoms with E-state index in [1.54, 1.807) is 6.07 Å². The Morgan fingerprint density at radius 1 is 1.09 bits per heavy atom. The molecule has 2 rings (SSSR count). The molecule has 0 aliphatic rings. The fourth-order valence-corrected chi connectivity index (χ4v) is 3.04. The quantitative estimate of drug-likeness (QED) is 0.735. The third-order valence-electron chi connectivity index (χ3n) is 3.49. The first-order chi connectivity index (χ1) is 10.7. The molecule has 22 heavy (non-hydrogen) atoms. The Hall–Kier alpha value is -1.94. The van der Waals surface area contributed by atoms with Crippen molar-refractivity contribution in [3.63, 3.8) is 0 Å². The van der Waals surface area contributed by atoms with Gasteiger partial charge in [0.1, 0.15) is 0 Å². The van der Waals surface area contributed by atoms with Gasteiger partial charge in [-0.15, -0.1) is 11.3 Å². The number of amides is 1. The maximum atomic E-state index is 12.1. The molecule has 0 bridgehead atoms. The highest BCUT2D eigenvalue weighted by atomic mass is 32.1. The van der Waals surface area contributed by atoms with E-state index in [4.69, 9.17) is 0 Å². The minimum absolute atomic E-state index is 0.0236. The van der Waals surface area contributed by atoms with Crippen LogP contribution in [0.5, 0.6) is 0 Å². The molecule has 0 radical (unpaired) electrons. The standard InChI is InChI=1S/C18H21NO2S/c1-2-7-15(14-8-4-3-5-9-14)19-18(21)12-11-16(20)17-10-6-13-22-17/h3-6,8-10,13,15H,2,7,11-12H2,1H3,(H,19,21). The van der Waals surface area contributed by atoms with E-state index in [0.29, 0.717) is 0 Å². The molecule has 1 atom stereocenters. The van der Waals surface area contributed by atoms with E-state index in [0.717, 1.165) is 23.3 Å². The van der Waals surface area contributed by atoms with Gasteiger partial charge >= 0.3 is 0 Å². The zero-order valence-electron chi connectivity index (χ0n) is 12.7. The Bertz CT molecular complexity index is 593. The second-order valence-electron chi connectivity index (χ2n) is 5.22. The number of carbonyl (C=O) groups is 2. The Morgan fingerprint density at radius 3 is 2.50 bits per heavy atom. The molecule has 1 aromatic heterocycles. The Kier molecular flexibility index (Phi) is 6.34. The van der Waals surface area contributed by atoms with Gasteiger partial charge < -0.3 is 5.32 Å². The third kappa shape index (κ3) is 4.81. The van der Waals surface area contributed by atoms with E-state index in [2.05, 4.69) is 12.2 Å². The second-order valence-corrected chi connectivity index (χ2v) is 6.17. The lowest BCUT2D eigenvalue weighted by Crippen LogP contribution is -2.28. The lowest BCUT2D eigenvalue weighted by molar-refractivity contribution is -0.121. The number of ketones is 1. The van der Waals surface area contributed by atoms with Crippen molar-refractivity contribution in [3.05, 3.63) is 58.3 Å². The largest absolute Gasteiger partial charge is 0.349 e. The predicted octanol–water partition coefficient (Wildman–Crippen LogP) is 4.37. The van der Waals surface area contributed by atoms with Gasteiger partial charge in [-0.2, -0.15) is 0 Å². The Labute approximate surface area is 135 Å². The van der Waals surface area contributed by atoms with Gasteiger partial charge in [-0.3, -0.25) is 9.59 Å². The molecular formula is C18H21NO2S. The molecule has 1 amide bonds. The first kappa shape index (κ1) is 16.4. The molecule has 4 heteroatoms. The number of hydrogen-bond donors (Lipinski definition) is 1. The van der Waals surface area contributed by atoms with Gasteiger partial charge in [0.05, 0.1) is 10.9 Å². The minimum Gasteiger partial charge on any atom is -0.349 e. The highest BCUT2D eigenvalue weighted by Gasteiger charge is 2.15. The summed E-state index contributed by atoms with van der Waals surface area (Å²) in [6, 6.07) is 13.6. The van der Waals surface area contributed by atoms with E-state index < -0.39 is 0 Å². The maximum absolute atomic E-state index is 12.1. The van der Waals surface area contributed by atoms with Gasteiger partial charge in [0.25, 0.3) is 0 Å². The zero-order valence-corrected chi connectivity index (χ0v) is 13.6. The zero-order chi connectivity index (χ0) is 15.8. The van der Waals surface area contributed by atoms with Crippen LogP contribution >= 0.6 is 11.3 Å². The van der Waals surface area contributed by atoms with Crippen LogP contribution in [0.2, 0.25) is 0 Å². The molecule has 1 aromatic carbocycles. The van der Waals surface area contributed by atoms with E-state index in [9.17, 15) is 9.59 Å². The summed E-state index contributed by atoms with van der Waals surface area (Å²) >= 11 is 1.42. The third-order valence-corrected chi connectivity index (χ3v) is 4.40. The van der Waals surface area contributed by atoms with Crippen LogP contribution in [0.15, 0.2) is 47.8 Å². The smallest absolute Gasteiger partial charge is 0.220 e. The van der Waals surface area contributed by atoms with Crippen molar-refractivity contribution in [3.8, 4) is 0 Å². The molecule has 0 saturated carbocycles. The molecule has 1 N–H and O–H groups in total. The molecule has 1 heterocycles. The molecule has 0 saturated heterocycles. The molecule has 0 aliphatic carbocycles. The molecule has 2 aromatic rings. The van der Waals surface area contributed by atoms with Gasteiger partial charge in [0.15, 0.2) is 5.78 Å². The summed E-state index contributed by atoms with van der Waals surface area (Å²) in [5, 5.41) is 4.92. The van der Waals surface area contributed by atoms with E-state index in [1.807, 2.05) is 41.8 Å². The number of carbonyl (C=O) groups excluding carboxylic acids is 2. The topological polar surface area (TPSA) is 46.2 Å². The molecule has 0 fully saturated rings. The molecule has 0 aliphatic heterocycles. The van der Waals surface area contributed by atoms with Crippen molar-refractivity contribution in [2.75, 3.05) is 0 Å². The van der Waals surface area contributed by atoms with Crippen molar-refractivity contribution >= 4 is 23.0 Å². The lowest BCUT2D eigenvalue weighted by Gasteiger charge is -2.18.